The van der Waals surface area contributed by atoms with Crippen LogP contribution in [0.2, 0.25) is 0 Å². The Balaban J connectivity index is 1.12. The average molecular weight is 572 g/mol. The van der Waals surface area contributed by atoms with Crippen LogP contribution in [0.15, 0.2) is 42.5 Å². The summed E-state index contributed by atoms with van der Waals surface area (Å²) in [5, 5.41) is 3.19. The van der Waals surface area contributed by atoms with Gasteiger partial charge in [0, 0.05) is 50.9 Å². The maximum Gasteiger partial charge on any atom is 0.416 e. The Morgan fingerprint density at radius 3 is 2.15 bits per heavy atom. The van der Waals surface area contributed by atoms with Crippen LogP contribution in [-0.2, 0) is 28.5 Å². The summed E-state index contributed by atoms with van der Waals surface area (Å²) >= 11 is 0. The first kappa shape index (κ1) is 30.2. The number of nitrogens with one attached hydrogen (secondary N) is 1. The van der Waals surface area contributed by atoms with Gasteiger partial charge in [-0.25, -0.2) is 0 Å². The predicted molar refractivity (Wildman–Crippen MR) is 140 cm³/mol. The second kappa shape index (κ2) is 12.8. The van der Waals surface area contributed by atoms with E-state index >= 15 is 0 Å². The van der Waals surface area contributed by atoms with Crippen LogP contribution in [0.25, 0.3) is 0 Å². The van der Waals surface area contributed by atoms with E-state index in [-0.39, 0.29) is 30.2 Å². The molecule has 11 heteroatoms. The number of alkyl halides is 6. The molecule has 2 fully saturated rings. The number of hydrogen-bond donors (Lipinski definition) is 1. The van der Waals surface area contributed by atoms with E-state index < -0.39 is 23.5 Å². The molecule has 0 aromatic heterocycles. The summed E-state index contributed by atoms with van der Waals surface area (Å²) < 4.78 is 83.6. The van der Waals surface area contributed by atoms with Crippen molar-refractivity contribution in [2.24, 2.45) is 0 Å². The fourth-order valence-corrected chi connectivity index (χ4v) is 5.24. The van der Waals surface area contributed by atoms with E-state index in [2.05, 4.69) is 10.2 Å². The van der Waals surface area contributed by atoms with E-state index in [0.29, 0.717) is 50.1 Å². The molecule has 0 radical (unpaired) electrons. The van der Waals surface area contributed by atoms with Gasteiger partial charge >= 0.3 is 12.4 Å². The first-order valence-corrected chi connectivity index (χ1v) is 13.6. The number of halogens is 6. The normalized spacial score (nSPS) is 18.2. The van der Waals surface area contributed by atoms with Crippen molar-refractivity contribution in [3.05, 3.63) is 64.7 Å². The second-order valence-corrected chi connectivity index (χ2v) is 10.6. The fraction of sp³-hybridized carbons (Fsp3) is 0.552. The van der Waals surface area contributed by atoms with Crippen LogP contribution >= 0.6 is 0 Å². The fourth-order valence-electron chi connectivity index (χ4n) is 5.24. The van der Waals surface area contributed by atoms with Crippen molar-refractivity contribution in [3.8, 4) is 0 Å². The lowest BCUT2D eigenvalue weighted by Crippen LogP contribution is -2.44. The molecule has 2 saturated heterocycles. The molecule has 1 N–H and O–H groups in total. The summed E-state index contributed by atoms with van der Waals surface area (Å²) in [5.41, 5.74) is 0.0120. The molecule has 0 aliphatic carbocycles. The third-order valence-corrected chi connectivity index (χ3v) is 7.70. The van der Waals surface area contributed by atoms with E-state index in [9.17, 15) is 31.1 Å². The number of anilines is 1. The number of piperidine rings is 2. The molecule has 2 aliphatic rings. The Morgan fingerprint density at radius 2 is 1.55 bits per heavy atom. The number of carbonyl (C=O) groups excluding carboxylic acids is 1. The van der Waals surface area contributed by atoms with Crippen LogP contribution in [-0.4, -0.2) is 60.6 Å². The summed E-state index contributed by atoms with van der Waals surface area (Å²) in [6.45, 7) is 5.05. The van der Waals surface area contributed by atoms with Gasteiger partial charge in [-0.1, -0.05) is 18.2 Å². The van der Waals surface area contributed by atoms with Gasteiger partial charge in [0.15, 0.2) is 0 Å². The number of carbonyl (C=O) groups is 1. The first-order chi connectivity index (χ1) is 18.9. The molecule has 2 heterocycles. The first-order valence-electron chi connectivity index (χ1n) is 13.6. The molecular weight excluding hydrogens is 536 g/mol. The minimum absolute atomic E-state index is 0.00874. The van der Waals surface area contributed by atoms with Crippen LogP contribution in [0.5, 0.6) is 0 Å². The summed E-state index contributed by atoms with van der Waals surface area (Å²) in [4.78, 5) is 16.8. The summed E-state index contributed by atoms with van der Waals surface area (Å²) in [5.74, 6) is 0.0776. The summed E-state index contributed by atoms with van der Waals surface area (Å²) in [6.07, 6.45) is -5.39. The zero-order valence-corrected chi connectivity index (χ0v) is 22.5. The van der Waals surface area contributed by atoms with Gasteiger partial charge in [0.25, 0.3) is 0 Å². The lowest BCUT2D eigenvalue weighted by atomic mass is 10.0. The lowest BCUT2D eigenvalue weighted by Gasteiger charge is -2.35. The molecule has 0 saturated carbocycles. The molecule has 0 atom stereocenters. The van der Waals surface area contributed by atoms with Gasteiger partial charge < -0.3 is 19.9 Å². The van der Waals surface area contributed by atoms with E-state index in [1.807, 2.05) is 4.90 Å². The van der Waals surface area contributed by atoms with E-state index in [1.165, 1.54) is 25.1 Å². The molecule has 0 bridgehead atoms. The average Bonchev–Trinajstić information content (AvgIpc) is 2.92. The Bertz CT molecular complexity index is 1120. The van der Waals surface area contributed by atoms with Crippen molar-refractivity contribution in [1.29, 1.82) is 0 Å². The molecule has 5 nitrogen and oxygen atoms in total. The predicted octanol–water partition coefficient (Wildman–Crippen LogP) is 6.51. The third-order valence-electron chi connectivity index (χ3n) is 7.70. The van der Waals surface area contributed by atoms with Crippen molar-refractivity contribution >= 4 is 11.6 Å². The standard InChI is InChI=1S/C29H35F6N3O2/c1-20-2-7-24(18-26(20)29(33,34)35)36-23-8-16-38(17-9-23)27(39)12-15-37-13-10-25(11-14-37)40-19-21-3-5-22(6-4-21)28(30,31)32/h2-7,18,23,25,36H,8-17,19H2,1H3. The van der Waals surface area contributed by atoms with Crippen LogP contribution in [0.3, 0.4) is 0 Å². The number of ether oxygens (including phenoxy) is 1. The topological polar surface area (TPSA) is 44.8 Å². The van der Waals surface area contributed by atoms with E-state index in [1.54, 1.807) is 6.07 Å². The van der Waals surface area contributed by atoms with Crippen molar-refractivity contribution in [1.82, 2.24) is 9.80 Å². The van der Waals surface area contributed by atoms with Gasteiger partial charge in [-0.2, -0.15) is 26.3 Å². The van der Waals surface area contributed by atoms with E-state index in [0.717, 1.165) is 44.1 Å². The van der Waals surface area contributed by atoms with Gasteiger partial charge in [-0.05, 0) is 68.0 Å². The highest BCUT2D eigenvalue weighted by molar-refractivity contribution is 5.76. The van der Waals surface area contributed by atoms with Gasteiger partial charge in [0.2, 0.25) is 5.91 Å². The molecule has 40 heavy (non-hydrogen) atoms. The highest BCUT2D eigenvalue weighted by Crippen LogP contribution is 2.34. The molecule has 1 amide bonds. The molecule has 0 unspecified atom stereocenters. The number of rotatable bonds is 8. The molecule has 2 aromatic rings. The highest BCUT2D eigenvalue weighted by Gasteiger charge is 2.33. The SMILES string of the molecule is Cc1ccc(NC2CCN(C(=O)CCN3CCC(OCc4ccc(C(F)(F)F)cc4)CC3)CC2)cc1C(F)(F)F. The Morgan fingerprint density at radius 1 is 0.900 bits per heavy atom. The van der Waals surface area contributed by atoms with Crippen LogP contribution < -0.4 is 5.32 Å². The number of amides is 1. The Labute approximate surface area is 230 Å². The summed E-state index contributed by atoms with van der Waals surface area (Å²) in [6, 6.07) is 9.29. The Hall–Kier alpha value is -2.79. The van der Waals surface area contributed by atoms with Gasteiger partial charge in [-0.3, -0.25) is 4.79 Å². The number of benzene rings is 2. The monoisotopic (exact) mass is 571 g/mol. The number of nitrogens with zero attached hydrogens (tertiary/aromatic N) is 2. The highest BCUT2D eigenvalue weighted by atomic mass is 19.4. The number of hydrogen-bond acceptors (Lipinski definition) is 4. The quantitative estimate of drug-likeness (QED) is 0.367. The molecule has 0 spiro atoms. The molecular formula is C29H35F6N3O2. The van der Waals surface area contributed by atoms with Crippen molar-refractivity contribution < 1.29 is 35.9 Å². The van der Waals surface area contributed by atoms with Crippen LogP contribution in [0, 0.1) is 6.92 Å². The Kier molecular flexibility index (Phi) is 9.66. The number of likely N-dealkylation sites (tertiary alicyclic amines) is 2. The van der Waals surface area contributed by atoms with E-state index in [4.69, 9.17) is 4.74 Å². The van der Waals surface area contributed by atoms with Crippen molar-refractivity contribution in [3.63, 3.8) is 0 Å². The maximum absolute atomic E-state index is 13.2. The zero-order valence-electron chi connectivity index (χ0n) is 22.5. The minimum Gasteiger partial charge on any atom is -0.382 e. The molecule has 4 rings (SSSR count). The largest absolute Gasteiger partial charge is 0.416 e. The molecule has 2 aromatic carbocycles. The van der Waals surface area contributed by atoms with Gasteiger partial charge in [0.1, 0.15) is 0 Å². The van der Waals surface area contributed by atoms with Crippen molar-refractivity contribution in [2.75, 3.05) is 38.0 Å². The summed E-state index contributed by atoms with van der Waals surface area (Å²) in [7, 11) is 0. The molecule has 2 aliphatic heterocycles. The van der Waals surface area contributed by atoms with Crippen LogP contribution in [0.4, 0.5) is 32.0 Å². The van der Waals surface area contributed by atoms with Gasteiger partial charge in [0.05, 0.1) is 23.8 Å². The lowest BCUT2D eigenvalue weighted by molar-refractivity contribution is -0.138. The second-order valence-electron chi connectivity index (χ2n) is 10.6. The minimum atomic E-state index is -4.39. The smallest absolute Gasteiger partial charge is 0.382 e. The van der Waals surface area contributed by atoms with Crippen molar-refractivity contribution in [2.45, 2.75) is 70.1 Å². The third kappa shape index (κ3) is 8.36. The number of aryl methyl sites for hydroxylation is 1. The zero-order chi connectivity index (χ0) is 28.9. The van der Waals surface area contributed by atoms with Gasteiger partial charge in [-0.15, -0.1) is 0 Å². The molecule has 220 valence electrons. The maximum atomic E-state index is 13.2. The van der Waals surface area contributed by atoms with Crippen LogP contribution in [0.1, 0.15) is 54.4 Å².